The molecule has 1 aromatic carbocycles. The van der Waals surface area contributed by atoms with Gasteiger partial charge in [0.2, 0.25) is 0 Å². The van der Waals surface area contributed by atoms with Crippen LogP contribution in [0.3, 0.4) is 0 Å². The molecule has 1 aliphatic heterocycles. The van der Waals surface area contributed by atoms with E-state index in [0.29, 0.717) is 0 Å². The van der Waals surface area contributed by atoms with Crippen LogP contribution in [0.1, 0.15) is 12.0 Å². The molecule has 0 aliphatic carbocycles. The molecule has 0 unspecified atom stereocenters. The second kappa shape index (κ2) is 3.31. The molecule has 3 rings (SSSR count). The molecular weight excluding hydrogens is 184 g/mol. The van der Waals surface area contributed by atoms with E-state index in [4.69, 9.17) is 0 Å². The van der Waals surface area contributed by atoms with E-state index in [9.17, 15) is 0 Å². The molecule has 0 saturated heterocycles. The van der Waals surface area contributed by atoms with Crippen LogP contribution in [-0.4, -0.2) is 11.2 Å². The number of hydrogen-bond donors (Lipinski definition) is 0. The first-order valence-corrected chi connectivity index (χ1v) is 5.02. The van der Waals surface area contributed by atoms with E-state index in [0.717, 1.165) is 28.6 Å². The summed E-state index contributed by atoms with van der Waals surface area (Å²) in [6, 6.07) is 8.10. The zero-order valence-corrected chi connectivity index (χ0v) is 8.22. The molecule has 0 atom stereocenters. The number of rotatable bonds is 0. The zero-order valence-electron chi connectivity index (χ0n) is 8.22. The maximum absolute atomic E-state index is 4.49. The molecule has 0 N–H and O–H groups in total. The van der Waals surface area contributed by atoms with Gasteiger partial charge in [-0.05, 0) is 6.07 Å². The number of allylic oxidation sites excluding steroid dienone is 1. The smallest absolute Gasteiger partial charge is 0.0807 e. The Labute approximate surface area is 88.0 Å². The fraction of sp³-hybridized carbons (Fsp3) is 0.0769. The molecule has 1 aliphatic rings. The Kier molecular flexibility index (Phi) is 1.85. The van der Waals surface area contributed by atoms with Crippen LogP contribution < -0.4 is 0 Å². The van der Waals surface area contributed by atoms with Crippen LogP contribution in [-0.2, 0) is 0 Å². The summed E-state index contributed by atoms with van der Waals surface area (Å²) >= 11 is 0. The predicted octanol–water partition coefficient (Wildman–Crippen LogP) is 3.35. The summed E-state index contributed by atoms with van der Waals surface area (Å²) in [5.41, 5.74) is 3.14. The summed E-state index contributed by atoms with van der Waals surface area (Å²) in [4.78, 5) is 8.90. The van der Waals surface area contributed by atoms with Crippen LogP contribution >= 0.6 is 0 Å². The van der Waals surface area contributed by atoms with Gasteiger partial charge in [-0.2, -0.15) is 0 Å². The summed E-state index contributed by atoms with van der Waals surface area (Å²) in [5, 5.41) is 1.12. The summed E-state index contributed by atoms with van der Waals surface area (Å²) in [7, 11) is 0. The fourth-order valence-corrected chi connectivity index (χ4v) is 1.81. The van der Waals surface area contributed by atoms with Gasteiger partial charge in [-0.1, -0.05) is 30.4 Å². The molecule has 0 amide bonds. The normalized spacial score (nSPS) is 13.9. The molecule has 15 heavy (non-hydrogen) atoms. The number of aromatic nitrogens is 1. The van der Waals surface area contributed by atoms with Gasteiger partial charge in [0, 0.05) is 29.8 Å². The molecule has 2 nitrogen and oxygen atoms in total. The second-order valence-corrected chi connectivity index (χ2v) is 3.53. The Balaban J connectivity index is 2.42. The Morgan fingerprint density at radius 2 is 2.07 bits per heavy atom. The van der Waals surface area contributed by atoms with Gasteiger partial charge in [0.15, 0.2) is 0 Å². The summed E-state index contributed by atoms with van der Waals surface area (Å²) in [6.45, 7) is 0. The number of benzene rings is 1. The molecule has 72 valence electrons. The van der Waals surface area contributed by atoms with E-state index < -0.39 is 0 Å². The molecule has 2 heteroatoms. The molecule has 0 bridgehead atoms. The minimum absolute atomic E-state index is 0.892. The van der Waals surface area contributed by atoms with Crippen molar-refractivity contribution in [3.8, 4) is 0 Å². The van der Waals surface area contributed by atoms with Crippen LogP contribution in [0.25, 0.3) is 17.0 Å². The first-order chi connectivity index (χ1) is 7.45. The van der Waals surface area contributed by atoms with Gasteiger partial charge in [-0.15, -0.1) is 0 Å². The molecule has 0 fully saturated rings. The Hall–Kier alpha value is -1.96. The lowest BCUT2D eigenvalue weighted by atomic mass is 10.1. The van der Waals surface area contributed by atoms with Gasteiger partial charge in [-0.25, -0.2) is 0 Å². The summed E-state index contributed by atoms with van der Waals surface area (Å²) in [6.07, 6.45) is 8.90. The van der Waals surface area contributed by atoms with E-state index in [-0.39, 0.29) is 0 Å². The lowest BCUT2D eigenvalue weighted by molar-refractivity contribution is 1.38. The van der Waals surface area contributed by atoms with Crippen molar-refractivity contribution in [3.63, 3.8) is 0 Å². The molecule has 2 heterocycles. The molecular formula is C13H10N2. The molecule has 0 spiro atoms. The van der Waals surface area contributed by atoms with Crippen LogP contribution in [0.15, 0.2) is 41.5 Å². The standard InChI is InChI=1S/C13H10N2/c1-2-7-12-11(6-1)13-10(9-15-12)5-3-4-8-14-13/h1-3,5-9H,4H2. The number of aliphatic imine (C=N–C) groups is 1. The maximum atomic E-state index is 4.49. The highest BCUT2D eigenvalue weighted by Crippen LogP contribution is 2.30. The number of para-hydroxylation sites is 1. The fourth-order valence-electron chi connectivity index (χ4n) is 1.81. The average Bonchev–Trinajstić information content (AvgIpc) is 2.54. The lowest BCUT2D eigenvalue weighted by Gasteiger charge is -2.03. The number of nitrogens with zero attached hydrogens (tertiary/aromatic N) is 2. The third kappa shape index (κ3) is 1.34. The molecule has 0 saturated carbocycles. The van der Waals surface area contributed by atoms with Crippen molar-refractivity contribution < 1.29 is 0 Å². The molecule has 0 radical (unpaired) electrons. The van der Waals surface area contributed by atoms with Gasteiger partial charge in [0.25, 0.3) is 0 Å². The largest absolute Gasteiger partial charge is 0.260 e. The quantitative estimate of drug-likeness (QED) is 0.631. The molecule has 2 aromatic rings. The summed E-state index contributed by atoms with van der Waals surface area (Å²) < 4.78 is 0. The highest BCUT2D eigenvalue weighted by atomic mass is 14.8. The van der Waals surface area contributed by atoms with Crippen molar-refractivity contribution in [1.82, 2.24) is 4.98 Å². The van der Waals surface area contributed by atoms with Crippen molar-refractivity contribution in [1.29, 1.82) is 0 Å². The van der Waals surface area contributed by atoms with E-state index in [1.54, 1.807) is 0 Å². The highest BCUT2D eigenvalue weighted by molar-refractivity contribution is 5.96. The van der Waals surface area contributed by atoms with Crippen molar-refractivity contribution in [3.05, 3.63) is 42.1 Å². The van der Waals surface area contributed by atoms with Gasteiger partial charge in [0.05, 0.1) is 11.2 Å². The van der Waals surface area contributed by atoms with Crippen LogP contribution in [0.4, 0.5) is 5.69 Å². The average molecular weight is 194 g/mol. The Bertz CT molecular complexity index is 568. The monoisotopic (exact) mass is 194 g/mol. The Morgan fingerprint density at radius 3 is 3.07 bits per heavy atom. The minimum atomic E-state index is 0.892. The van der Waals surface area contributed by atoms with E-state index in [2.05, 4.69) is 28.2 Å². The van der Waals surface area contributed by atoms with Crippen molar-refractivity contribution in [2.75, 3.05) is 0 Å². The third-order valence-corrected chi connectivity index (χ3v) is 2.53. The van der Waals surface area contributed by atoms with Gasteiger partial charge >= 0.3 is 0 Å². The first-order valence-electron chi connectivity index (χ1n) is 5.02. The highest BCUT2D eigenvalue weighted by Gasteiger charge is 2.05. The Morgan fingerprint density at radius 1 is 1.13 bits per heavy atom. The van der Waals surface area contributed by atoms with Crippen LogP contribution in [0.2, 0.25) is 0 Å². The first kappa shape index (κ1) is 8.36. The van der Waals surface area contributed by atoms with Gasteiger partial charge in [0.1, 0.15) is 0 Å². The van der Waals surface area contributed by atoms with Crippen LogP contribution in [0, 0.1) is 0 Å². The molecule has 1 aromatic heterocycles. The van der Waals surface area contributed by atoms with Gasteiger partial charge in [-0.3, -0.25) is 9.98 Å². The zero-order chi connectivity index (χ0) is 10.1. The predicted molar refractivity (Wildman–Crippen MR) is 63.5 cm³/mol. The van der Waals surface area contributed by atoms with Crippen molar-refractivity contribution in [2.45, 2.75) is 6.42 Å². The van der Waals surface area contributed by atoms with E-state index in [1.807, 2.05) is 30.6 Å². The van der Waals surface area contributed by atoms with E-state index in [1.165, 1.54) is 0 Å². The third-order valence-electron chi connectivity index (χ3n) is 2.53. The maximum Gasteiger partial charge on any atom is 0.0807 e. The van der Waals surface area contributed by atoms with Crippen LogP contribution in [0.5, 0.6) is 0 Å². The lowest BCUT2D eigenvalue weighted by Crippen LogP contribution is -1.82. The SMILES string of the molecule is C1=Cc2cnc3ccccc3c2N=CC1. The second-order valence-electron chi connectivity index (χ2n) is 3.53. The number of hydrogen-bond acceptors (Lipinski definition) is 2. The van der Waals surface area contributed by atoms with Crippen molar-refractivity contribution in [2.24, 2.45) is 4.99 Å². The van der Waals surface area contributed by atoms with Crippen molar-refractivity contribution >= 4 is 28.9 Å². The van der Waals surface area contributed by atoms with Gasteiger partial charge < -0.3 is 0 Å². The van der Waals surface area contributed by atoms with E-state index >= 15 is 0 Å². The number of fused-ring (bicyclic) bond motifs is 3. The minimum Gasteiger partial charge on any atom is -0.260 e. The summed E-state index contributed by atoms with van der Waals surface area (Å²) in [5.74, 6) is 0. The topological polar surface area (TPSA) is 25.2 Å². The number of pyridine rings is 1.